The zero-order valence-electron chi connectivity index (χ0n) is 11.7. The van der Waals surface area contributed by atoms with Gasteiger partial charge in [0.2, 0.25) is 0 Å². The molecule has 2 heterocycles. The molecule has 0 bridgehead atoms. The number of urea groups is 1. The molecule has 0 unspecified atom stereocenters. The molecule has 9 nitrogen and oxygen atoms in total. The van der Waals surface area contributed by atoms with E-state index in [-0.39, 0.29) is 6.54 Å². The topological polar surface area (TPSA) is 122 Å². The van der Waals surface area contributed by atoms with Crippen molar-refractivity contribution in [3.8, 4) is 0 Å². The number of amides is 2. The Hall–Kier alpha value is -2.97. The molecule has 2 aromatic rings. The Balaban J connectivity index is 1.93. The van der Waals surface area contributed by atoms with Gasteiger partial charge >= 0.3 is 6.03 Å². The van der Waals surface area contributed by atoms with Crippen molar-refractivity contribution < 1.29 is 4.79 Å². The number of nitrogens with zero attached hydrogens (tertiary/aromatic N) is 5. The van der Waals surface area contributed by atoms with Gasteiger partial charge in [0.15, 0.2) is 0 Å². The summed E-state index contributed by atoms with van der Waals surface area (Å²) in [4.78, 5) is 29.3. The Labute approximate surface area is 121 Å². The van der Waals surface area contributed by atoms with Gasteiger partial charge in [-0.05, 0) is 0 Å². The number of aromatic nitrogens is 4. The summed E-state index contributed by atoms with van der Waals surface area (Å²) in [5.74, 6) is 1.44. The molecule has 0 aromatic carbocycles. The minimum atomic E-state index is -0.401. The van der Waals surface area contributed by atoms with E-state index >= 15 is 0 Å². The number of nitrogen functional groups attached to an aromatic ring is 1. The van der Waals surface area contributed by atoms with Crippen LogP contribution in [-0.4, -0.2) is 40.1 Å². The minimum absolute atomic E-state index is 0.226. The van der Waals surface area contributed by atoms with E-state index in [9.17, 15) is 4.79 Å². The van der Waals surface area contributed by atoms with E-state index < -0.39 is 6.03 Å². The highest BCUT2D eigenvalue weighted by Gasteiger charge is 2.06. The second-order valence-electron chi connectivity index (χ2n) is 4.40. The predicted octanol–water partition coefficient (Wildman–Crippen LogP) is 0.237. The molecule has 0 atom stereocenters. The summed E-state index contributed by atoms with van der Waals surface area (Å²) >= 11 is 0. The maximum absolute atomic E-state index is 11.8. The molecule has 0 saturated heterocycles. The van der Waals surface area contributed by atoms with Crippen molar-refractivity contribution in [1.29, 1.82) is 0 Å². The molecule has 4 N–H and O–H groups in total. The lowest BCUT2D eigenvalue weighted by molar-refractivity contribution is 0.251. The number of rotatable bonds is 4. The van der Waals surface area contributed by atoms with Crippen LogP contribution in [-0.2, 0) is 6.54 Å². The highest BCUT2D eigenvalue weighted by molar-refractivity contribution is 5.88. The molecule has 0 aliphatic rings. The number of anilines is 3. The van der Waals surface area contributed by atoms with E-state index in [0.29, 0.717) is 23.0 Å². The Kier molecular flexibility index (Phi) is 4.44. The van der Waals surface area contributed by atoms with Crippen LogP contribution in [0.4, 0.5) is 22.2 Å². The van der Waals surface area contributed by atoms with E-state index in [1.54, 1.807) is 12.3 Å². The third-order valence-electron chi connectivity index (χ3n) is 2.61. The second-order valence-corrected chi connectivity index (χ2v) is 4.40. The number of hydrogen-bond donors (Lipinski definition) is 3. The van der Waals surface area contributed by atoms with Crippen molar-refractivity contribution in [2.75, 3.05) is 30.0 Å². The lowest BCUT2D eigenvalue weighted by Crippen LogP contribution is -2.29. The summed E-state index contributed by atoms with van der Waals surface area (Å²) in [6.07, 6.45) is 4.29. The zero-order valence-corrected chi connectivity index (χ0v) is 11.7. The highest BCUT2D eigenvalue weighted by atomic mass is 16.2. The van der Waals surface area contributed by atoms with E-state index in [1.807, 2.05) is 19.0 Å². The zero-order chi connectivity index (χ0) is 15.2. The summed E-state index contributed by atoms with van der Waals surface area (Å²) in [5, 5.41) is 5.27. The van der Waals surface area contributed by atoms with Crippen LogP contribution in [0.2, 0.25) is 0 Å². The molecule has 0 aliphatic carbocycles. The van der Waals surface area contributed by atoms with Crippen LogP contribution < -0.4 is 21.3 Å². The smallest absolute Gasteiger partial charge is 0.320 e. The summed E-state index contributed by atoms with van der Waals surface area (Å²) in [6.45, 7) is 0.226. The fourth-order valence-corrected chi connectivity index (χ4v) is 1.50. The fourth-order valence-electron chi connectivity index (χ4n) is 1.50. The van der Waals surface area contributed by atoms with E-state index in [0.717, 1.165) is 0 Å². The monoisotopic (exact) mass is 288 g/mol. The van der Waals surface area contributed by atoms with Crippen molar-refractivity contribution >= 4 is 23.5 Å². The van der Waals surface area contributed by atoms with Crippen LogP contribution in [0.25, 0.3) is 0 Å². The Bertz CT molecular complexity index is 630. The second kappa shape index (κ2) is 6.46. The van der Waals surface area contributed by atoms with Gasteiger partial charge < -0.3 is 16.0 Å². The van der Waals surface area contributed by atoms with Crippen molar-refractivity contribution in [2.45, 2.75) is 6.54 Å². The number of carbonyl (C=O) groups excluding carboxylic acids is 1. The van der Waals surface area contributed by atoms with Gasteiger partial charge in [0, 0.05) is 38.5 Å². The van der Waals surface area contributed by atoms with Crippen LogP contribution >= 0.6 is 0 Å². The van der Waals surface area contributed by atoms with E-state index in [2.05, 4.69) is 30.6 Å². The summed E-state index contributed by atoms with van der Waals surface area (Å²) < 4.78 is 0. The van der Waals surface area contributed by atoms with Crippen LogP contribution in [0.3, 0.4) is 0 Å². The number of nitrogens with one attached hydrogen (secondary N) is 2. The van der Waals surface area contributed by atoms with Gasteiger partial charge in [0.05, 0.1) is 0 Å². The van der Waals surface area contributed by atoms with Crippen molar-refractivity contribution in [3.63, 3.8) is 0 Å². The van der Waals surface area contributed by atoms with Crippen LogP contribution in [0.15, 0.2) is 24.9 Å². The molecule has 0 spiro atoms. The molecule has 2 aromatic heterocycles. The van der Waals surface area contributed by atoms with Gasteiger partial charge in [-0.15, -0.1) is 0 Å². The van der Waals surface area contributed by atoms with E-state index in [1.165, 1.54) is 12.7 Å². The molecule has 0 radical (unpaired) electrons. The first-order valence-corrected chi connectivity index (χ1v) is 6.15. The molecule has 0 saturated carbocycles. The molecular weight excluding hydrogens is 272 g/mol. The number of nitrogens with two attached hydrogens (primary N) is 1. The Morgan fingerprint density at radius 3 is 2.81 bits per heavy atom. The van der Waals surface area contributed by atoms with Crippen LogP contribution in [0, 0.1) is 0 Å². The largest absolute Gasteiger partial charge is 0.383 e. The highest BCUT2D eigenvalue weighted by Crippen LogP contribution is 2.11. The van der Waals surface area contributed by atoms with Gasteiger partial charge in [0.25, 0.3) is 0 Å². The van der Waals surface area contributed by atoms with Crippen molar-refractivity contribution in [2.24, 2.45) is 0 Å². The van der Waals surface area contributed by atoms with E-state index in [4.69, 9.17) is 5.73 Å². The first kappa shape index (κ1) is 14.4. The molecule has 110 valence electrons. The van der Waals surface area contributed by atoms with Crippen molar-refractivity contribution in [1.82, 2.24) is 25.3 Å². The SMILES string of the molecule is CN(C)c1cc(NC(=O)NCc2cncnc2N)ncn1. The number of carbonyl (C=O) groups is 1. The summed E-state index contributed by atoms with van der Waals surface area (Å²) in [6, 6.07) is 1.26. The lowest BCUT2D eigenvalue weighted by Gasteiger charge is -2.12. The predicted molar refractivity (Wildman–Crippen MR) is 78.7 cm³/mol. The molecule has 0 fully saturated rings. The Morgan fingerprint density at radius 1 is 1.29 bits per heavy atom. The molecule has 2 rings (SSSR count). The molecule has 0 aliphatic heterocycles. The number of hydrogen-bond acceptors (Lipinski definition) is 7. The minimum Gasteiger partial charge on any atom is -0.383 e. The standard InChI is InChI=1S/C12H16N8O/c1-20(2)10-3-9(16-7-17-10)19-12(21)15-5-8-4-14-6-18-11(8)13/h3-4,6-7H,5H2,1-2H3,(H2,13,14,18)(H2,15,16,17,19,21). The summed E-state index contributed by atoms with van der Waals surface area (Å²) in [5.41, 5.74) is 6.31. The lowest BCUT2D eigenvalue weighted by atomic mass is 10.3. The third-order valence-corrected chi connectivity index (χ3v) is 2.61. The first-order valence-electron chi connectivity index (χ1n) is 6.15. The average Bonchev–Trinajstić information content (AvgIpc) is 2.46. The fraction of sp³-hybridized carbons (Fsp3) is 0.250. The molecule has 21 heavy (non-hydrogen) atoms. The van der Waals surface area contributed by atoms with Gasteiger partial charge in [-0.2, -0.15) is 0 Å². The van der Waals surface area contributed by atoms with Gasteiger partial charge in [0.1, 0.15) is 30.1 Å². The normalized spacial score (nSPS) is 10.0. The average molecular weight is 288 g/mol. The van der Waals surface area contributed by atoms with Gasteiger partial charge in [-0.3, -0.25) is 5.32 Å². The molecule has 2 amide bonds. The molecule has 9 heteroatoms. The van der Waals surface area contributed by atoms with Crippen molar-refractivity contribution in [3.05, 3.63) is 30.5 Å². The quantitative estimate of drug-likeness (QED) is 0.736. The van der Waals surface area contributed by atoms with Crippen LogP contribution in [0.1, 0.15) is 5.56 Å². The Morgan fingerprint density at radius 2 is 2.10 bits per heavy atom. The molecular formula is C12H16N8O. The van der Waals surface area contributed by atoms with Gasteiger partial charge in [-0.25, -0.2) is 24.7 Å². The van der Waals surface area contributed by atoms with Crippen LogP contribution in [0.5, 0.6) is 0 Å². The first-order chi connectivity index (χ1) is 10.1. The van der Waals surface area contributed by atoms with Gasteiger partial charge in [-0.1, -0.05) is 0 Å². The maximum Gasteiger partial charge on any atom is 0.320 e. The third kappa shape index (κ3) is 4.00. The maximum atomic E-state index is 11.8. The summed E-state index contributed by atoms with van der Waals surface area (Å²) in [7, 11) is 3.70.